The summed E-state index contributed by atoms with van der Waals surface area (Å²) in [6, 6.07) is 13.0. The van der Waals surface area contributed by atoms with Gasteiger partial charge in [-0.05, 0) is 24.3 Å². The first-order valence-electron chi connectivity index (χ1n) is 5.40. The fourth-order valence-electron chi connectivity index (χ4n) is 2.08. The lowest BCUT2D eigenvalue weighted by molar-refractivity contribution is -0.119. The molecule has 2 heterocycles. The Balaban J connectivity index is 1.99. The molecule has 1 aliphatic rings. The highest BCUT2D eigenvalue weighted by atomic mass is 16.3. The smallest absolute Gasteiger partial charge is 0.257 e. The lowest BCUT2D eigenvalue weighted by atomic mass is 9.93. The lowest BCUT2D eigenvalue weighted by Gasteiger charge is -2.40. The van der Waals surface area contributed by atoms with Crippen LogP contribution < -0.4 is 4.90 Å². The average molecular weight is 225 g/mol. The molecule has 0 unspecified atom stereocenters. The molecule has 17 heavy (non-hydrogen) atoms. The number of nitrogens with zero attached hydrogens (tertiary/aromatic N) is 1. The molecule has 3 rings (SSSR count). The number of anilines is 1. The van der Waals surface area contributed by atoms with E-state index in [1.165, 1.54) is 0 Å². The first kappa shape index (κ1) is 9.90. The van der Waals surface area contributed by atoms with Gasteiger partial charge in [0, 0.05) is 11.3 Å². The molecule has 2 aromatic rings. The molecule has 0 aliphatic carbocycles. The third-order valence-electron chi connectivity index (χ3n) is 2.93. The van der Waals surface area contributed by atoms with Gasteiger partial charge >= 0.3 is 0 Å². The van der Waals surface area contributed by atoms with E-state index in [0.29, 0.717) is 5.57 Å². The number of β-lactam (4-membered cyclic amide) rings is 1. The molecule has 84 valence electrons. The van der Waals surface area contributed by atoms with Crippen molar-refractivity contribution in [3.8, 4) is 0 Å². The summed E-state index contributed by atoms with van der Waals surface area (Å²) >= 11 is 0. The number of carbonyl (C=O) groups excluding carboxylic acids is 1. The quantitative estimate of drug-likeness (QED) is 0.581. The Morgan fingerprint density at radius 2 is 1.88 bits per heavy atom. The number of carbonyl (C=O) groups is 1. The Labute approximate surface area is 99.0 Å². The Hall–Kier alpha value is -2.29. The standard InChI is InChI=1S/C14H11NO2/c1-10-13(12-8-5-9-17-12)15(14(10)16)11-6-3-2-4-7-11/h2-9,13H,1H2/t13-/m1/s1. The Kier molecular flexibility index (Phi) is 2.11. The summed E-state index contributed by atoms with van der Waals surface area (Å²) in [7, 11) is 0. The summed E-state index contributed by atoms with van der Waals surface area (Å²) in [5.74, 6) is 0.705. The number of furan rings is 1. The van der Waals surface area contributed by atoms with Crippen molar-refractivity contribution < 1.29 is 9.21 Å². The van der Waals surface area contributed by atoms with E-state index in [0.717, 1.165) is 11.4 Å². The third kappa shape index (κ3) is 1.40. The van der Waals surface area contributed by atoms with Gasteiger partial charge in [0.25, 0.3) is 5.91 Å². The minimum absolute atomic E-state index is 0.0439. The summed E-state index contributed by atoms with van der Waals surface area (Å²) < 4.78 is 5.35. The molecule has 0 saturated carbocycles. The monoisotopic (exact) mass is 225 g/mol. The summed E-state index contributed by atoms with van der Waals surface area (Å²) in [6.07, 6.45) is 1.61. The van der Waals surface area contributed by atoms with E-state index < -0.39 is 0 Å². The minimum atomic E-state index is -0.167. The SMILES string of the molecule is C=C1C(=O)N(c2ccccc2)[C@H]1c1ccco1. The fourth-order valence-corrected chi connectivity index (χ4v) is 2.08. The predicted octanol–water partition coefficient (Wildman–Crippen LogP) is 2.92. The lowest BCUT2D eigenvalue weighted by Crippen LogP contribution is -2.48. The van der Waals surface area contributed by atoms with Crippen molar-refractivity contribution >= 4 is 11.6 Å². The molecule has 3 nitrogen and oxygen atoms in total. The van der Waals surface area contributed by atoms with Gasteiger partial charge in [-0.15, -0.1) is 0 Å². The second-order valence-corrected chi connectivity index (χ2v) is 3.95. The zero-order valence-corrected chi connectivity index (χ0v) is 9.17. The molecule has 0 N–H and O–H groups in total. The van der Waals surface area contributed by atoms with Crippen LogP contribution in [0.25, 0.3) is 0 Å². The van der Waals surface area contributed by atoms with E-state index in [4.69, 9.17) is 4.42 Å². The van der Waals surface area contributed by atoms with Crippen LogP contribution in [0.3, 0.4) is 0 Å². The Morgan fingerprint density at radius 1 is 1.12 bits per heavy atom. The first-order chi connectivity index (χ1) is 8.29. The second-order valence-electron chi connectivity index (χ2n) is 3.95. The summed E-state index contributed by atoms with van der Waals surface area (Å²) in [4.78, 5) is 13.5. The molecule has 1 amide bonds. The zero-order valence-electron chi connectivity index (χ0n) is 9.17. The molecular weight excluding hydrogens is 214 g/mol. The predicted molar refractivity (Wildman–Crippen MR) is 64.5 cm³/mol. The van der Waals surface area contributed by atoms with Crippen LogP contribution in [0, 0.1) is 0 Å². The third-order valence-corrected chi connectivity index (χ3v) is 2.93. The van der Waals surface area contributed by atoms with Gasteiger partial charge in [-0.25, -0.2) is 0 Å². The van der Waals surface area contributed by atoms with Crippen molar-refractivity contribution in [1.82, 2.24) is 0 Å². The molecule has 1 fully saturated rings. The number of hydrogen-bond donors (Lipinski definition) is 0. The van der Waals surface area contributed by atoms with Gasteiger partial charge in [0.2, 0.25) is 0 Å². The van der Waals surface area contributed by atoms with Crippen LogP contribution >= 0.6 is 0 Å². The zero-order chi connectivity index (χ0) is 11.8. The van der Waals surface area contributed by atoms with Crippen molar-refractivity contribution in [2.75, 3.05) is 4.90 Å². The van der Waals surface area contributed by atoms with E-state index in [9.17, 15) is 4.79 Å². The normalized spacial score (nSPS) is 19.3. The van der Waals surface area contributed by atoms with Crippen molar-refractivity contribution in [1.29, 1.82) is 0 Å². The van der Waals surface area contributed by atoms with Gasteiger partial charge in [0.15, 0.2) is 0 Å². The number of benzene rings is 1. The van der Waals surface area contributed by atoms with Crippen molar-refractivity contribution in [3.05, 3.63) is 66.6 Å². The van der Waals surface area contributed by atoms with Gasteiger partial charge in [-0.3, -0.25) is 9.69 Å². The van der Waals surface area contributed by atoms with Gasteiger partial charge < -0.3 is 4.42 Å². The van der Waals surface area contributed by atoms with Crippen LogP contribution in [0.5, 0.6) is 0 Å². The molecule has 1 saturated heterocycles. The van der Waals surface area contributed by atoms with Crippen molar-refractivity contribution in [2.24, 2.45) is 0 Å². The van der Waals surface area contributed by atoms with E-state index >= 15 is 0 Å². The Bertz CT molecular complexity index is 557. The molecule has 1 aliphatic heterocycles. The van der Waals surface area contributed by atoms with E-state index in [1.807, 2.05) is 42.5 Å². The van der Waals surface area contributed by atoms with Crippen LogP contribution in [-0.4, -0.2) is 5.91 Å². The van der Waals surface area contributed by atoms with E-state index in [2.05, 4.69) is 6.58 Å². The number of para-hydroxylation sites is 1. The highest BCUT2D eigenvalue weighted by Gasteiger charge is 2.44. The number of hydrogen-bond acceptors (Lipinski definition) is 2. The maximum Gasteiger partial charge on any atom is 0.257 e. The van der Waals surface area contributed by atoms with Crippen LogP contribution in [0.15, 0.2) is 65.3 Å². The molecular formula is C14H11NO2. The average Bonchev–Trinajstić information content (AvgIpc) is 2.88. The first-order valence-corrected chi connectivity index (χ1v) is 5.40. The van der Waals surface area contributed by atoms with Gasteiger partial charge in [0.1, 0.15) is 11.8 Å². The molecule has 0 bridgehead atoms. The molecule has 1 aromatic heterocycles. The van der Waals surface area contributed by atoms with Crippen LogP contribution in [0.1, 0.15) is 11.8 Å². The topological polar surface area (TPSA) is 33.5 Å². The highest BCUT2D eigenvalue weighted by molar-refractivity contribution is 6.14. The molecule has 3 heteroatoms. The van der Waals surface area contributed by atoms with Gasteiger partial charge in [0.05, 0.1) is 6.26 Å². The Morgan fingerprint density at radius 3 is 2.53 bits per heavy atom. The largest absolute Gasteiger partial charge is 0.467 e. The van der Waals surface area contributed by atoms with Crippen molar-refractivity contribution in [3.63, 3.8) is 0 Å². The number of rotatable bonds is 2. The maximum absolute atomic E-state index is 11.9. The van der Waals surface area contributed by atoms with Gasteiger partial charge in [-0.2, -0.15) is 0 Å². The summed E-state index contributed by atoms with van der Waals surface area (Å²) in [6.45, 7) is 3.80. The van der Waals surface area contributed by atoms with E-state index in [-0.39, 0.29) is 11.9 Å². The molecule has 1 aromatic carbocycles. The van der Waals surface area contributed by atoms with Crippen LogP contribution in [-0.2, 0) is 4.79 Å². The molecule has 0 radical (unpaired) electrons. The number of amides is 1. The molecule has 0 spiro atoms. The second kappa shape index (κ2) is 3.63. The van der Waals surface area contributed by atoms with Crippen molar-refractivity contribution in [2.45, 2.75) is 6.04 Å². The van der Waals surface area contributed by atoms with Crippen LogP contribution in [0.2, 0.25) is 0 Å². The van der Waals surface area contributed by atoms with Gasteiger partial charge in [-0.1, -0.05) is 24.8 Å². The molecule has 1 atom stereocenters. The van der Waals surface area contributed by atoms with Crippen LogP contribution in [0.4, 0.5) is 5.69 Å². The minimum Gasteiger partial charge on any atom is -0.467 e. The summed E-state index contributed by atoms with van der Waals surface area (Å²) in [5, 5.41) is 0. The summed E-state index contributed by atoms with van der Waals surface area (Å²) in [5.41, 5.74) is 1.44. The highest BCUT2D eigenvalue weighted by Crippen LogP contribution is 2.41. The maximum atomic E-state index is 11.9. The fraction of sp³-hybridized carbons (Fsp3) is 0.0714. The van der Waals surface area contributed by atoms with E-state index in [1.54, 1.807) is 11.2 Å².